The molecule has 2 saturated heterocycles. The average molecular weight is 704 g/mol. The van der Waals surface area contributed by atoms with Crippen molar-refractivity contribution in [2.75, 3.05) is 45.9 Å². The summed E-state index contributed by atoms with van der Waals surface area (Å²) in [6.45, 7) is 10.9. The number of nitrogens with zero attached hydrogens (tertiary/aromatic N) is 3. The van der Waals surface area contributed by atoms with E-state index in [2.05, 4.69) is 4.90 Å². The molecule has 3 heterocycles. The number of ether oxygens (including phenoxy) is 3. The fourth-order valence-corrected chi connectivity index (χ4v) is 7.28. The van der Waals surface area contributed by atoms with Gasteiger partial charge < -0.3 is 39.3 Å². The summed E-state index contributed by atoms with van der Waals surface area (Å²) in [5, 5.41) is 31.8. The van der Waals surface area contributed by atoms with Crippen molar-refractivity contribution in [1.82, 2.24) is 14.7 Å². The number of carbonyl (C=O) groups is 3. The highest BCUT2D eigenvalue weighted by Gasteiger charge is 2.37. The SMILES string of the molecule is C/C(=C\C=C\[C@@H](C)COC(=O)N1CC[C@@H](O)C1)[C@H]1OC(=O)C[C@@H](O)CC[C@](C)(O)[C@@H](OC(=O)N2CCN(C3CCCCCC3)CC2)/C=C\[C@@H]1C. The molecule has 1 aliphatic carbocycles. The number of rotatable bonds is 7. The van der Waals surface area contributed by atoms with Crippen molar-refractivity contribution in [3.8, 4) is 0 Å². The molecular weight excluding hydrogens is 642 g/mol. The Bertz CT molecular complexity index is 1200. The van der Waals surface area contributed by atoms with Crippen molar-refractivity contribution in [3.05, 3.63) is 36.0 Å². The quantitative estimate of drug-likeness (QED) is 0.113. The number of hydrogen-bond acceptors (Lipinski definition) is 10. The Hall–Kier alpha value is -2.93. The highest BCUT2D eigenvalue weighted by Crippen LogP contribution is 2.28. The summed E-state index contributed by atoms with van der Waals surface area (Å²) in [7, 11) is 0. The third-order valence-electron chi connectivity index (χ3n) is 10.6. The zero-order chi connectivity index (χ0) is 36.3. The fourth-order valence-electron chi connectivity index (χ4n) is 7.28. The van der Waals surface area contributed by atoms with E-state index in [1.807, 2.05) is 45.1 Å². The molecule has 0 radical (unpaired) electrons. The van der Waals surface area contributed by atoms with Crippen LogP contribution in [0.1, 0.15) is 91.9 Å². The predicted molar refractivity (Wildman–Crippen MR) is 189 cm³/mol. The van der Waals surface area contributed by atoms with E-state index in [-0.39, 0.29) is 44.2 Å². The van der Waals surface area contributed by atoms with Crippen LogP contribution >= 0.6 is 0 Å². The fraction of sp³-hybridized carbons (Fsp3) is 0.763. The van der Waals surface area contributed by atoms with Crippen molar-refractivity contribution in [2.24, 2.45) is 11.8 Å². The Balaban J connectivity index is 1.39. The Morgan fingerprint density at radius 1 is 0.980 bits per heavy atom. The molecule has 0 aromatic carbocycles. The third kappa shape index (κ3) is 12.1. The van der Waals surface area contributed by atoms with Gasteiger partial charge in [0.2, 0.25) is 0 Å². The van der Waals surface area contributed by atoms with Crippen LogP contribution in [0.5, 0.6) is 0 Å². The first-order valence-electron chi connectivity index (χ1n) is 18.7. The summed E-state index contributed by atoms with van der Waals surface area (Å²) in [4.78, 5) is 44.3. The Labute approximate surface area is 298 Å². The molecular formula is C38H61N3O9. The van der Waals surface area contributed by atoms with Crippen LogP contribution < -0.4 is 0 Å². The van der Waals surface area contributed by atoms with E-state index in [9.17, 15) is 29.7 Å². The van der Waals surface area contributed by atoms with Crippen LogP contribution in [-0.2, 0) is 19.0 Å². The smallest absolute Gasteiger partial charge is 0.410 e. The topological polar surface area (TPSA) is 149 Å². The Kier molecular flexibility index (Phi) is 15.2. The lowest BCUT2D eigenvalue weighted by Gasteiger charge is -2.40. The van der Waals surface area contributed by atoms with Gasteiger partial charge in [-0.25, -0.2) is 9.59 Å². The Morgan fingerprint density at radius 2 is 1.68 bits per heavy atom. The molecule has 3 fully saturated rings. The van der Waals surface area contributed by atoms with Crippen molar-refractivity contribution in [3.63, 3.8) is 0 Å². The number of β-amino-alcohol motifs (C(OH)–C–C–N with tert-alkyl or cyclic N) is 1. The number of allylic oxidation sites excluding steroid dienone is 2. The van der Waals surface area contributed by atoms with Crippen LogP contribution in [0, 0.1) is 11.8 Å². The molecule has 3 aliphatic heterocycles. The van der Waals surface area contributed by atoms with Crippen LogP contribution in [0.2, 0.25) is 0 Å². The van der Waals surface area contributed by atoms with Crippen LogP contribution in [0.3, 0.4) is 0 Å². The second kappa shape index (κ2) is 19.1. The van der Waals surface area contributed by atoms with Crippen molar-refractivity contribution in [2.45, 2.75) is 128 Å². The first kappa shape index (κ1) is 39.8. The second-order valence-electron chi connectivity index (χ2n) is 15.1. The summed E-state index contributed by atoms with van der Waals surface area (Å²) in [5.41, 5.74) is -0.726. The number of aliphatic hydroxyl groups is 3. The lowest BCUT2D eigenvalue weighted by molar-refractivity contribution is -0.151. The maximum absolute atomic E-state index is 13.4. The largest absolute Gasteiger partial charge is 0.457 e. The average Bonchev–Trinajstić information content (AvgIpc) is 3.34. The maximum atomic E-state index is 13.4. The van der Waals surface area contributed by atoms with E-state index in [0.29, 0.717) is 32.1 Å². The van der Waals surface area contributed by atoms with Gasteiger partial charge in [0, 0.05) is 57.1 Å². The van der Waals surface area contributed by atoms with Crippen molar-refractivity contribution < 1.29 is 43.9 Å². The molecule has 3 N–H and O–H groups in total. The van der Waals surface area contributed by atoms with Crippen LogP contribution in [0.15, 0.2) is 36.0 Å². The highest BCUT2D eigenvalue weighted by molar-refractivity contribution is 5.70. The predicted octanol–water partition coefficient (Wildman–Crippen LogP) is 4.57. The molecule has 282 valence electrons. The minimum absolute atomic E-state index is 0.0840. The van der Waals surface area contributed by atoms with Crippen LogP contribution in [0.25, 0.3) is 0 Å². The van der Waals surface area contributed by atoms with Gasteiger partial charge in [0.1, 0.15) is 11.7 Å². The van der Waals surface area contributed by atoms with Gasteiger partial charge in [-0.3, -0.25) is 9.69 Å². The first-order chi connectivity index (χ1) is 23.8. The van der Waals surface area contributed by atoms with E-state index < -0.39 is 48.2 Å². The van der Waals surface area contributed by atoms with Gasteiger partial charge in [0.25, 0.3) is 0 Å². The molecule has 0 aromatic heterocycles. The summed E-state index contributed by atoms with van der Waals surface area (Å²) >= 11 is 0. The number of esters is 1. The molecule has 4 rings (SSSR count). The third-order valence-corrected chi connectivity index (χ3v) is 10.6. The monoisotopic (exact) mass is 703 g/mol. The number of hydrogen-bond donors (Lipinski definition) is 3. The summed E-state index contributed by atoms with van der Waals surface area (Å²) in [6, 6.07) is 0.581. The van der Waals surface area contributed by atoms with Crippen molar-refractivity contribution >= 4 is 18.2 Å². The lowest BCUT2D eigenvalue weighted by atomic mass is 9.89. The molecule has 0 aromatic rings. The molecule has 12 nitrogen and oxygen atoms in total. The normalized spacial score (nSPS) is 32.8. The van der Waals surface area contributed by atoms with Crippen LogP contribution in [-0.4, -0.2) is 130 Å². The highest BCUT2D eigenvalue weighted by atomic mass is 16.6. The molecule has 2 amide bonds. The van der Waals surface area contributed by atoms with E-state index in [0.717, 1.165) is 18.7 Å². The molecule has 7 atom stereocenters. The summed E-state index contributed by atoms with van der Waals surface area (Å²) in [5.74, 6) is -0.980. The van der Waals surface area contributed by atoms with Crippen LogP contribution in [0.4, 0.5) is 9.59 Å². The minimum atomic E-state index is -1.48. The van der Waals surface area contributed by atoms with Crippen molar-refractivity contribution in [1.29, 1.82) is 0 Å². The number of piperazine rings is 1. The van der Waals surface area contributed by atoms with Gasteiger partial charge in [0.15, 0.2) is 6.10 Å². The minimum Gasteiger partial charge on any atom is -0.457 e. The molecule has 0 unspecified atom stereocenters. The molecule has 50 heavy (non-hydrogen) atoms. The van der Waals surface area contributed by atoms with Gasteiger partial charge in [-0.1, -0.05) is 63.8 Å². The zero-order valence-corrected chi connectivity index (χ0v) is 30.6. The number of cyclic esters (lactones) is 1. The van der Waals surface area contributed by atoms with Gasteiger partial charge in [0.05, 0.1) is 25.2 Å². The van der Waals surface area contributed by atoms with Gasteiger partial charge in [-0.15, -0.1) is 0 Å². The summed E-state index contributed by atoms with van der Waals surface area (Å²) in [6.07, 6.45) is 13.1. The van der Waals surface area contributed by atoms with E-state index >= 15 is 0 Å². The van der Waals surface area contributed by atoms with Gasteiger partial charge in [-0.05, 0) is 57.6 Å². The van der Waals surface area contributed by atoms with E-state index in [4.69, 9.17) is 14.2 Å². The number of likely N-dealkylation sites (tertiary alicyclic amines) is 1. The molecule has 0 bridgehead atoms. The maximum Gasteiger partial charge on any atom is 0.410 e. The van der Waals surface area contributed by atoms with Gasteiger partial charge >= 0.3 is 18.2 Å². The Morgan fingerprint density at radius 3 is 2.34 bits per heavy atom. The number of aliphatic hydroxyl groups excluding tert-OH is 2. The number of carbonyl (C=O) groups excluding carboxylic acids is 3. The van der Waals surface area contributed by atoms with E-state index in [1.165, 1.54) is 43.4 Å². The lowest BCUT2D eigenvalue weighted by Crippen LogP contribution is -2.53. The molecule has 0 spiro atoms. The second-order valence-corrected chi connectivity index (χ2v) is 15.1. The summed E-state index contributed by atoms with van der Waals surface area (Å²) < 4.78 is 17.3. The molecule has 4 aliphatic rings. The van der Waals surface area contributed by atoms with Gasteiger partial charge in [-0.2, -0.15) is 0 Å². The first-order valence-corrected chi connectivity index (χ1v) is 18.7. The zero-order valence-electron chi connectivity index (χ0n) is 30.6. The standard InChI is InChI=1S/C38H61N3O9/c1-27(26-48-36(45)41-19-17-32(43)25-41)10-9-11-28(2)35-29(3)14-15-33(38(4,47)18-16-31(42)24-34(44)50-35)49-37(46)40-22-20-39(21-23-40)30-12-7-5-6-8-13-30/h9-11,14-15,27,29-33,35,42-43,47H,5-8,12-13,16-26H2,1-4H3/b10-9+,15-14-,28-11+/t27-,29+,31+,32-,33+,35-,38+/m1/s1. The number of amides is 2. The molecule has 1 saturated carbocycles. The molecule has 12 heteroatoms. The van der Waals surface area contributed by atoms with E-state index in [1.54, 1.807) is 17.9 Å².